The van der Waals surface area contributed by atoms with Crippen LogP contribution in [0.1, 0.15) is 11.4 Å². The van der Waals surface area contributed by atoms with Crippen LogP contribution in [0.4, 0.5) is 0 Å². The van der Waals surface area contributed by atoms with E-state index in [4.69, 9.17) is 0 Å². The second-order valence-electron chi connectivity index (χ2n) is 5.61. The summed E-state index contributed by atoms with van der Waals surface area (Å²) in [6, 6.07) is 0.608. The van der Waals surface area contributed by atoms with Crippen LogP contribution in [0.3, 0.4) is 0 Å². The number of aromatic nitrogens is 2. The summed E-state index contributed by atoms with van der Waals surface area (Å²) in [5.41, 5.74) is 2.68. The van der Waals surface area contributed by atoms with Gasteiger partial charge in [-0.15, -0.1) is 0 Å². The first kappa shape index (κ1) is 12.1. The molecule has 0 radical (unpaired) electrons. The molecule has 0 amide bonds. The van der Waals surface area contributed by atoms with E-state index in [0.29, 0.717) is 6.04 Å². The molecule has 1 fully saturated rings. The molecular weight excluding hydrogens is 226 g/mol. The predicted molar refractivity (Wildman–Crippen MR) is 71.6 cm³/mol. The molecule has 2 aliphatic rings. The first-order chi connectivity index (χ1) is 8.74. The normalized spacial score (nSPS) is 26.2. The summed E-state index contributed by atoms with van der Waals surface area (Å²) in [4.78, 5) is 9.44. The molecular formula is C13H23N5. The van der Waals surface area contributed by atoms with Crippen molar-refractivity contribution in [2.45, 2.75) is 25.6 Å². The minimum Gasteiger partial charge on any atom is -0.333 e. The summed E-state index contributed by atoms with van der Waals surface area (Å²) < 4.78 is 2.37. The fourth-order valence-electron chi connectivity index (χ4n) is 2.98. The lowest BCUT2D eigenvalue weighted by Gasteiger charge is -2.38. The zero-order chi connectivity index (χ0) is 12.5. The van der Waals surface area contributed by atoms with Gasteiger partial charge in [0.2, 0.25) is 0 Å². The van der Waals surface area contributed by atoms with E-state index >= 15 is 0 Å². The summed E-state index contributed by atoms with van der Waals surface area (Å²) in [5.74, 6) is 0. The highest BCUT2D eigenvalue weighted by Gasteiger charge is 2.24. The van der Waals surface area contributed by atoms with E-state index in [1.54, 1.807) is 0 Å². The van der Waals surface area contributed by atoms with Crippen molar-refractivity contribution in [3.05, 3.63) is 17.7 Å². The van der Waals surface area contributed by atoms with Gasteiger partial charge in [-0.2, -0.15) is 0 Å². The summed E-state index contributed by atoms with van der Waals surface area (Å²) in [5, 5.41) is 3.38. The molecule has 100 valence electrons. The second-order valence-corrected chi connectivity index (χ2v) is 5.61. The Balaban J connectivity index is 1.73. The van der Waals surface area contributed by atoms with Crippen molar-refractivity contribution in [2.75, 3.05) is 40.3 Å². The van der Waals surface area contributed by atoms with Crippen LogP contribution >= 0.6 is 0 Å². The summed E-state index contributed by atoms with van der Waals surface area (Å²) >= 11 is 0. The average Bonchev–Trinajstić information content (AvgIpc) is 2.78. The maximum absolute atomic E-state index is 4.53. The molecule has 2 aliphatic heterocycles. The molecule has 5 heteroatoms. The van der Waals surface area contributed by atoms with E-state index in [0.717, 1.165) is 32.6 Å². The smallest absolute Gasteiger partial charge is 0.0952 e. The van der Waals surface area contributed by atoms with Crippen LogP contribution in [0.2, 0.25) is 0 Å². The van der Waals surface area contributed by atoms with Crippen LogP contribution in [-0.2, 0) is 19.5 Å². The van der Waals surface area contributed by atoms with Crippen LogP contribution in [0.25, 0.3) is 0 Å². The Morgan fingerprint density at radius 2 is 2.28 bits per heavy atom. The standard InChI is InChI=1S/C13H23N5/c1-16-5-6-17(2)11(8-16)9-18-10-15-12-7-14-4-3-13(12)18/h10-11,14H,3-9H2,1-2H3. The van der Waals surface area contributed by atoms with Gasteiger partial charge in [0.25, 0.3) is 0 Å². The predicted octanol–water partition coefficient (Wildman–Crippen LogP) is -0.225. The number of hydrogen-bond acceptors (Lipinski definition) is 4. The summed E-state index contributed by atoms with van der Waals surface area (Å²) in [6.07, 6.45) is 3.14. The molecule has 0 bridgehead atoms. The highest BCUT2D eigenvalue weighted by atomic mass is 15.3. The van der Waals surface area contributed by atoms with Gasteiger partial charge in [0.1, 0.15) is 0 Å². The van der Waals surface area contributed by atoms with Gasteiger partial charge in [-0.05, 0) is 14.1 Å². The Morgan fingerprint density at radius 3 is 3.17 bits per heavy atom. The number of nitrogens with one attached hydrogen (secondary N) is 1. The highest BCUT2D eigenvalue weighted by molar-refractivity contribution is 5.16. The molecule has 5 nitrogen and oxygen atoms in total. The van der Waals surface area contributed by atoms with E-state index in [2.05, 4.69) is 38.8 Å². The van der Waals surface area contributed by atoms with Gasteiger partial charge in [0.15, 0.2) is 0 Å². The molecule has 3 heterocycles. The van der Waals surface area contributed by atoms with Crippen molar-refractivity contribution in [2.24, 2.45) is 0 Å². The van der Waals surface area contributed by atoms with E-state index in [1.807, 2.05) is 6.33 Å². The second kappa shape index (κ2) is 4.99. The van der Waals surface area contributed by atoms with Gasteiger partial charge in [-0.25, -0.2) is 4.98 Å². The lowest BCUT2D eigenvalue weighted by atomic mass is 10.1. The van der Waals surface area contributed by atoms with Gasteiger partial charge in [-0.1, -0.05) is 0 Å². The molecule has 18 heavy (non-hydrogen) atoms. The number of imidazole rings is 1. The molecule has 1 aromatic heterocycles. The fraction of sp³-hybridized carbons (Fsp3) is 0.769. The third-order valence-electron chi connectivity index (χ3n) is 4.25. The minimum absolute atomic E-state index is 0.608. The number of rotatable bonds is 2. The topological polar surface area (TPSA) is 36.3 Å². The molecule has 0 saturated carbocycles. The number of hydrogen-bond donors (Lipinski definition) is 1. The molecule has 0 aromatic carbocycles. The van der Waals surface area contributed by atoms with Gasteiger partial charge in [0, 0.05) is 57.4 Å². The van der Waals surface area contributed by atoms with Crippen LogP contribution in [0.5, 0.6) is 0 Å². The first-order valence-corrected chi connectivity index (χ1v) is 6.86. The Bertz CT molecular complexity index is 414. The largest absolute Gasteiger partial charge is 0.333 e. The quantitative estimate of drug-likeness (QED) is 0.786. The number of nitrogens with zero attached hydrogens (tertiary/aromatic N) is 4. The molecule has 1 saturated heterocycles. The van der Waals surface area contributed by atoms with Gasteiger partial charge < -0.3 is 14.8 Å². The molecule has 0 spiro atoms. The summed E-state index contributed by atoms with van der Waals surface area (Å²) in [6.45, 7) is 6.59. The molecule has 1 aromatic rings. The van der Waals surface area contributed by atoms with Crippen molar-refractivity contribution in [3.63, 3.8) is 0 Å². The van der Waals surface area contributed by atoms with Gasteiger partial charge in [0.05, 0.1) is 12.0 Å². The molecule has 1 N–H and O–H groups in total. The Hall–Kier alpha value is -0.910. The monoisotopic (exact) mass is 249 g/mol. The maximum Gasteiger partial charge on any atom is 0.0952 e. The fourth-order valence-corrected chi connectivity index (χ4v) is 2.98. The molecule has 3 rings (SSSR count). The van der Waals surface area contributed by atoms with E-state index in [-0.39, 0.29) is 0 Å². The van der Waals surface area contributed by atoms with E-state index in [1.165, 1.54) is 24.5 Å². The Labute approximate surface area is 109 Å². The lowest BCUT2D eigenvalue weighted by Crippen LogP contribution is -2.51. The first-order valence-electron chi connectivity index (χ1n) is 6.86. The van der Waals surface area contributed by atoms with Gasteiger partial charge >= 0.3 is 0 Å². The Kier molecular flexibility index (Phi) is 3.37. The van der Waals surface area contributed by atoms with Crippen molar-refractivity contribution in [3.8, 4) is 0 Å². The maximum atomic E-state index is 4.53. The number of piperazine rings is 1. The van der Waals surface area contributed by atoms with E-state index < -0.39 is 0 Å². The molecule has 1 unspecified atom stereocenters. The van der Waals surface area contributed by atoms with E-state index in [9.17, 15) is 0 Å². The van der Waals surface area contributed by atoms with Crippen LogP contribution in [0.15, 0.2) is 6.33 Å². The minimum atomic E-state index is 0.608. The summed E-state index contributed by atoms with van der Waals surface area (Å²) in [7, 11) is 4.45. The average molecular weight is 249 g/mol. The van der Waals surface area contributed by atoms with Crippen LogP contribution in [0, 0.1) is 0 Å². The zero-order valence-corrected chi connectivity index (χ0v) is 11.4. The van der Waals surface area contributed by atoms with Crippen LogP contribution < -0.4 is 5.32 Å². The van der Waals surface area contributed by atoms with Crippen molar-refractivity contribution in [1.82, 2.24) is 24.7 Å². The SMILES string of the molecule is CN1CCN(C)C(Cn2cnc3c2CCNC3)C1. The number of fused-ring (bicyclic) bond motifs is 1. The number of likely N-dealkylation sites (N-methyl/N-ethyl adjacent to an activating group) is 2. The molecule has 0 aliphatic carbocycles. The van der Waals surface area contributed by atoms with Crippen molar-refractivity contribution in [1.29, 1.82) is 0 Å². The van der Waals surface area contributed by atoms with Gasteiger partial charge in [-0.3, -0.25) is 4.90 Å². The third-order valence-corrected chi connectivity index (χ3v) is 4.25. The highest BCUT2D eigenvalue weighted by Crippen LogP contribution is 2.15. The lowest BCUT2D eigenvalue weighted by molar-refractivity contribution is 0.102. The zero-order valence-electron chi connectivity index (χ0n) is 11.4. The Morgan fingerprint density at radius 1 is 1.39 bits per heavy atom. The van der Waals surface area contributed by atoms with Crippen molar-refractivity contribution >= 4 is 0 Å². The van der Waals surface area contributed by atoms with Crippen molar-refractivity contribution < 1.29 is 0 Å². The third kappa shape index (κ3) is 2.30. The van der Waals surface area contributed by atoms with Crippen LogP contribution in [-0.4, -0.2) is 65.7 Å². The molecule has 1 atom stereocenters.